The molecule has 0 spiro atoms. The molecule has 3 heteroatoms. The molecule has 0 fully saturated rings. The normalized spacial score (nSPS) is 11.9. The molecule has 106 valence electrons. The van der Waals surface area contributed by atoms with Gasteiger partial charge in [-0.2, -0.15) is 0 Å². The van der Waals surface area contributed by atoms with Crippen LogP contribution >= 0.6 is 0 Å². The van der Waals surface area contributed by atoms with E-state index in [2.05, 4.69) is 23.5 Å². The number of likely N-dealkylation sites (N-methyl/N-ethyl adjacent to an activating group) is 1. The second kappa shape index (κ2) is 6.96. The minimum atomic E-state index is 0.222. The molecular formula is C17H21NO2. The van der Waals surface area contributed by atoms with E-state index < -0.39 is 0 Å². The summed E-state index contributed by atoms with van der Waals surface area (Å²) in [5.41, 5.74) is 2.43. The first kappa shape index (κ1) is 14.4. The Labute approximate surface area is 120 Å². The maximum absolute atomic E-state index is 5.44. The summed E-state index contributed by atoms with van der Waals surface area (Å²) >= 11 is 0. The van der Waals surface area contributed by atoms with Crippen molar-refractivity contribution in [2.75, 3.05) is 21.3 Å². The summed E-state index contributed by atoms with van der Waals surface area (Å²) in [6, 6.07) is 16.5. The lowest BCUT2D eigenvalue weighted by Crippen LogP contribution is -2.19. The Balaban J connectivity index is 2.19. The van der Waals surface area contributed by atoms with Crippen molar-refractivity contribution in [3.8, 4) is 11.5 Å². The van der Waals surface area contributed by atoms with Gasteiger partial charge in [0.1, 0.15) is 11.5 Å². The van der Waals surface area contributed by atoms with Gasteiger partial charge >= 0.3 is 0 Å². The number of nitrogens with one attached hydrogen (secondary N) is 1. The standard InChI is InChI=1S/C17H21NO2/c1-18-16(15-6-4-5-7-17(15)20-3)12-13-8-10-14(19-2)11-9-13/h4-11,16,18H,12H2,1-3H3. The molecule has 0 aromatic heterocycles. The molecule has 0 saturated carbocycles. The van der Waals surface area contributed by atoms with E-state index in [1.165, 1.54) is 11.1 Å². The number of ether oxygens (including phenoxy) is 2. The summed E-state index contributed by atoms with van der Waals surface area (Å²) in [5.74, 6) is 1.80. The third-order valence-electron chi connectivity index (χ3n) is 3.46. The third kappa shape index (κ3) is 3.31. The molecule has 0 radical (unpaired) electrons. The van der Waals surface area contributed by atoms with E-state index in [-0.39, 0.29) is 6.04 Å². The number of benzene rings is 2. The van der Waals surface area contributed by atoms with Crippen molar-refractivity contribution >= 4 is 0 Å². The smallest absolute Gasteiger partial charge is 0.123 e. The molecule has 2 rings (SSSR count). The summed E-state index contributed by atoms with van der Waals surface area (Å²) in [6.07, 6.45) is 0.904. The summed E-state index contributed by atoms with van der Waals surface area (Å²) in [5, 5.41) is 3.36. The maximum atomic E-state index is 5.44. The maximum Gasteiger partial charge on any atom is 0.123 e. The topological polar surface area (TPSA) is 30.5 Å². The van der Waals surface area contributed by atoms with Crippen LogP contribution in [0.1, 0.15) is 17.2 Å². The number of hydrogen-bond acceptors (Lipinski definition) is 3. The molecule has 0 aliphatic heterocycles. The lowest BCUT2D eigenvalue weighted by atomic mass is 9.98. The number of hydrogen-bond donors (Lipinski definition) is 1. The van der Waals surface area contributed by atoms with Gasteiger partial charge in [0.2, 0.25) is 0 Å². The zero-order chi connectivity index (χ0) is 14.4. The second-order valence-corrected chi connectivity index (χ2v) is 4.64. The van der Waals surface area contributed by atoms with E-state index in [4.69, 9.17) is 9.47 Å². The lowest BCUT2D eigenvalue weighted by molar-refractivity contribution is 0.401. The van der Waals surface area contributed by atoms with Gasteiger partial charge in [-0.1, -0.05) is 30.3 Å². The zero-order valence-electron chi connectivity index (χ0n) is 12.2. The van der Waals surface area contributed by atoms with Crippen LogP contribution in [0.25, 0.3) is 0 Å². The average Bonchev–Trinajstić information content (AvgIpc) is 2.53. The van der Waals surface area contributed by atoms with Crippen molar-refractivity contribution in [1.82, 2.24) is 5.32 Å². The van der Waals surface area contributed by atoms with Gasteiger partial charge in [-0.3, -0.25) is 0 Å². The first-order valence-electron chi connectivity index (χ1n) is 6.71. The highest BCUT2D eigenvalue weighted by Crippen LogP contribution is 2.27. The average molecular weight is 271 g/mol. The molecule has 2 aromatic rings. The summed E-state index contributed by atoms with van der Waals surface area (Å²) < 4.78 is 10.6. The van der Waals surface area contributed by atoms with E-state index in [1.807, 2.05) is 37.4 Å². The fourth-order valence-electron chi connectivity index (χ4n) is 2.32. The number of methoxy groups -OCH3 is 2. The molecule has 2 aromatic carbocycles. The first-order valence-corrected chi connectivity index (χ1v) is 6.71. The third-order valence-corrected chi connectivity index (χ3v) is 3.46. The van der Waals surface area contributed by atoms with Gasteiger partial charge in [0.05, 0.1) is 14.2 Å². The monoisotopic (exact) mass is 271 g/mol. The van der Waals surface area contributed by atoms with Gasteiger partial charge in [-0.05, 0) is 37.2 Å². The molecule has 20 heavy (non-hydrogen) atoms. The Hall–Kier alpha value is -2.00. The van der Waals surface area contributed by atoms with Crippen LogP contribution in [-0.4, -0.2) is 21.3 Å². The Bertz CT molecular complexity index is 537. The van der Waals surface area contributed by atoms with Crippen molar-refractivity contribution in [1.29, 1.82) is 0 Å². The van der Waals surface area contributed by atoms with Crippen LogP contribution in [0.5, 0.6) is 11.5 Å². The van der Waals surface area contributed by atoms with E-state index in [9.17, 15) is 0 Å². The highest BCUT2D eigenvalue weighted by molar-refractivity contribution is 5.37. The van der Waals surface area contributed by atoms with Crippen LogP contribution in [0.3, 0.4) is 0 Å². The summed E-state index contributed by atoms with van der Waals surface area (Å²) in [4.78, 5) is 0. The highest BCUT2D eigenvalue weighted by atomic mass is 16.5. The van der Waals surface area contributed by atoms with Crippen molar-refractivity contribution in [3.63, 3.8) is 0 Å². The van der Waals surface area contributed by atoms with E-state index in [1.54, 1.807) is 14.2 Å². The second-order valence-electron chi connectivity index (χ2n) is 4.64. The van der Waals surface area contributed by atoms with Gasteiger partial charge in [0, 0.05) is 11.6 Å². The molecule has 1 atom stereocenters. The van der Waals surface area contributed by atoms with Crippen LogP contribution < -0.4 is 14.8 Å². The Kier molecular flexibility index (Phi) is 5.02. The molecule has 1 unspecified atom stereocenters. The highest BCUT2D eigenvalue weighted by Gasteiger charge is 2.14. The van der Waals surface area contributed by atoms with E-state index in [0.29, 0.717) is 0 Å². The number of rotatable bonds is 6. The minimum Gasteiger partial charge on any atom is -0.497 e. The van der Waals surface area contributed by atoms with Crippen molar-refractivity contribution in [3.05, 3.63) is 59.7 Å². The lowest BCUT2D eigenvalue weighted by Gasteiger charge is -2.19. The molecule has 0 aliphatic carbocycles. The van der Waals surface area contributed by atoms with E-state index in [0.717, 1.165) is 17.9 Å². The van der Waals surface area contributed by atoms with Crippen LogP contribution in [0.15, 0.2) is 48.5 Å². The van der Waals surface area contributed by atoms with Gasteiger partial charge in [-0.25, -0.2) is 0 Å². The van der Waals surface area contributed by atoms with Gasteiger partial charge in [0.15, 0.2) is 0 Å². The first-order chi connectivity index (χ1) is 9.78. The van der Waals surface area contributed by atoms with Gasteiger partial charge in [-0.15, -0.1) is 0 Å². The van der Waals surface area contributed by atoms with Crippen molar-refractivity contribution in [2.24, 2.45) is 0 Å². The molecule has 0 aliphatic rings. The predicted octanol–water partition coefficient (Wildman–Crippen LogP) is 3.21. The molecule has 0 bridgehead atoms. The zero-order valence-corrected chi connectivity index (χ0v) is 12.2. The SMILES string of the molecule is CNC(Cc1ccc(OC)cc1)c1ccccc1OC. The molecular weight excluding hydrogens is 250 g/mol. The van der Waals surface area contributed by atoms with Crippen LogP contribution in [-0.2, 0) is 6.42 Å². The molecule has 0 saturated heterocycles. The Morgan fingerprint density at radius 2 is 1.65 bits per heavy atom. The molecule has 3 nitrogen and oxygen atoms in total. The van der Waals surface area contributed by atoms with Crippen LogP contribution in [0.4, 0.5) is 0 Å². The quantitative estimate of drug-likeness (QED) is 0.875. The fraction of sp³-hybridized carbons (Fsp3) is 0.294. The predicted molar refractivity (Wildman–Crippen MR) is 81.5 cm³/mol. The largest absolute Gasteiger partial charge is 0.497 e. The van der Waals surface area contributed by atoms with Crippen LogP contribution in [0.2, 0.25) is 0 Å². The van der Waals surface area contributed by atoms with Gasteiger partial charge in [0.25, 0.3) is 0 Å². The number of para-hydroxylation sites is 1. The van der Waals surface area contributed by atoms with Crippen molar-refractivity contribution in [2.45, 2.75) is 12.5 Å². The van der Waals surface area contributed by atoms with Crippen LogP contribution in [0, 0.1) is 0 Å². The minimum absolute atomic E-state index is 0.222. The van der Waals surface area contributed by atoms with Crippen molar-refractivity contribution < 1.29 is 9.47 Å². The Morgan fingerprint density at radius 1 is 0.950 bits per heavy atom. The molecule has 1 N–H and O–H groups in total. The summed E-state index contributed by atoms with van der Waals surface area (Å²) in [6.45, 7) is 0. The molecule has 0 amide bonds. The Morgan fingerprint density at radius 3 is 2.25 bits per heavy atom. The summed E-state index contributed by atoms with van der Waals surface area (Å²) in [7, 11) is 5.36. The molecule has 0 heterocycles. The fourth-order valence-corrected chi connectivity index (χ4v) is 2.32. The van der Waals surface area contributed by atoms with E-state index >= 15 is 0 Å². The van der Waals surface area contributed by atoms with Gasteiger partial charge < -0.3 is 14.8 Å².